The van der Waals surface area contributed by atoms with E-state index in [2.05, 4.69) is 4.98 Å². The number of hydrogen-bond acceptors (Lipinski definition) is 1. The molecule has 0 unspecified atom stereocenters. The summed E-state index contributed by atoms with van der Waals surface area (Å²) in [5.41, 5.74) is 1.83. The van der Waals surface area contributed by atoms with Crippen molar-refractivity contribution in [1.29, 1.82) is 0 Å². The quantitative estimate of drug-likeness (QED) is 0.786. The van der Waals surface area contributed by atoms with E-state index in [1.165, 1.54) is 25.3 Å². The van der Waals surface area contributed by atoms with Crippen LogP contribution in [0.2, 0.25) is 5.02 Å². The highest BCUT2D eigenvalue weighted by Crippen LogP contribution is 2.37. The molecule has 0 saturated heterocycles. The highest BCUT2D eigenvalue weighted by Gasteiger charge is 2.23. The zero-order chi connectivity index (χ0) is 13.4. The first kappa shape index (κ1) is 12.7. The summed E-state index contributed by atoms with van der Waals surface area (Å²) >= 11 is 5.79. The second kappa shape index (κ2) is 4.97. The predicted molar refractivity (Wildman–Crippen MR) is 74.5 cm³/mol. The minimum absolute atomic E-state index is 0.0846. The van der Waals surface area contributed by atoms with Crippen LogP contribution in [0.4, 0.5) is 4.39 Å². The Morgan fingerprint density at radius 2 is 2.00 bits per heavy atom. The third-order valence-corrected chi connectivity index (χ3v) is 4.36. The van der Waals surface area contributed by atoms with E-state index >= 15 is 0 Å². The van der Waals surface area contributed by atoms with Gasteiger partial charge in [0.15, 0.2) is 12.1 Å². The first-order valence-electron chi connectivity index (χ1n) is 6.67. The molecule has 0 aliphatic heterocycles. The molecule has 1 aromatic carbocycles. The Balaban J connectivity index is 2.18. The van der Waals surface area contributed by atoms with E-state index in [-0.39, 0.29) is 5.02 Å². The molecule has 0 radical (unpaired) electrons. The van der Waals surface area contributed by atoms with Crippen molar-refractivity contribution in [1.82, 2.24) is 4.98 Å². The van der Waals surface area contributed by atoms with Crippen molar-refractivity contribution in [2.45, 2.75) is 38.0 Å². The van der Waals surface area contributed by atoms with E-state index in [1.807, 2.05) is 0 Å². The molecule has 0 amide bonds. The number of aldehydes is 1. The lowest BCUT2D eigenvalue weighted by Crippen LogP contribution is -2.06. The molecule has 100 valence electrons. The van der Waals surface area contributed by atoms with Crippen LogP contribution in [0, 0.1) is 5.82 Å². The van der Waals surface area contributed by atoms with Crippen LogP contribution in [0.15, 0.2) is 12.1 Å². The number of H-pyrrole nitrogens is 1. The molecule has 1 aromatic heterocycles. The maximum Gasteiger partial charge on any atom is 0.165 e. The van der Waals surface area contributed by atoms with E-state index in [9.17, 15) is 9.18 Å². The number of nitrogens with one attached hydrogen (secondary N) is 1. The molecule has 1 aliphatic rings. The summed E-state index contributed by atoms with van der Waals surface area (Å²) in [6, 6.07) is 3.22. The molecule has 2 nitrogen and oxygen atoms in total. The number of carbonyl (C=O) groups excluding carboxylic acids is 1. The summed E-state index contributed by atoms with van der Waals surface area (Å²) in [7, 11) is 0. The van der Waals surface area contributed by atoms with Crippen LogP contribution >= 0.6 is 11.6 Å². The lowest BCUT2D eigenvalue weighted by Gasteiger charge is -2.21. The SMILES string of the molecule is O=Cc1c(C2CCCCC2)[nH]c2c(F)c(Cl)ccc12. The fraction of sp³-hybridized carbons (Fsp3) is 0.400. The van der Waals surface area contributed by atoms with Gasteiger partial charge in [-0.2, -0.15) is 0 Å². The Hall–Kier alpha value is -1.35. The molecule has 2 aromatic rings. The first-order valence-corrected chi connectivity index (χ1v) is 7.05. The molecule has 0 spiro atoms. The van der Waals surface area contributed by atoms with Gasteiger partial charge in [-0.15, -0.1) is 0 Å². The molecule has 1 N–H and O–H groups in total. The summed E-state index contributed by atoms with van der Waals surface area (Å²) in [6.45, 7) is 0. The van der Waals surface area contributed by atoms with E-state index in [0.717, 1.165) is 24.8 Å². The van der Waals surface area contributed by atoms with Gasteiger partial charge in [-0.3, -0.25) is 4.79 Å². The van der Waals surface area contributed by atoms with Gasteiger partial charge < -0.3 is 4.98 Å². The smallest absolute Gasteiger partial charge is 0.165 e. The molecular weight excluding hydrogens is 265 g/mol. The number of fused-ring (bicyclic) bond motifs is 1. The van der Waals surface area contributed by atoms with Gasteiger partial charge >= 0.3 is 0 Å². The Morgan fingerprint density at radius 3 is 2.68 bits per heavy atom. The van der Waals surface area contributed by atoms with Crippen LogP contribution in [0.5, 0.6) is 0 Å². The minimum Gasteiger partial charge on any atom is -0.355 e. The molecule has 4 heteroatoms. The first-order chi connectivity index (χ1) is 9.22. The third-order valence-electron chi connectivity index (χ3n) is 4.07. The summed E-state index contributed by atoms with van der Waals surface area (Å²) < 4.78 is 14.0. The molecule has 1 heterocycles. The Bertz CT molecular complexity index is 629. The number of benzene rings is 1. The Morgan fingerprint density at radius 1 is 1.26 bits per heavy atom. The van der Waals surface area contributed by atoms with Crippen LogP contribution < -0.4 is 0 Å². The molecule has 1 saturated carbocycles. The minimum atomic E-state index is -0.468. The van der Waals surface area contributed by atoms with Crippen molar-refractivity contribution in [3.63, 3.8) is 0 Å². The van der Waals surface area contributed by atoms with Crippen molar-refractivity contribution in [3.8, 4) is 0 Å². The van der Waals surface area contributed by atoms with Gasteiger partial charge in [0.1, 0.15) is 0 Å². The van der Waals surface area contributed by atoms with Crippen molar-refractivity contribution >= 4 is 28.8 Å². The fourth-order valence-corrected chi connectivity index (χ4v) is 3.24. The standard InChI is InChI=1S/C15H15ClFNO/c16-12-7-6-10-11(8-19)14(18-15(10)13(12)17)9-4-2-1-3-5-9/h6-9,18H,1-5H2. The van der Waals surface area contributed by atoms with Gasteiger partial charge in [0.2, 0.25) is 0 Å². The lowest BCUT2D eigenvalue weighted by atomic mass is 9.85. The number of carbonyl (C=O) groups is 1. The fourth-order valence-electron chi connectivity index (χ4n) is 3.08. The highest BCUT2D eigenvalue weighted by molar-refractivity contribution is 6.31. The average molecular weight is 280 g/mol. The number of rotatable bonds is 2. The summed E-state index contributed by atoms with van der Waals surface area (Å²) in [5.74, 6) is -0.135. The van der Waals surface area contributed by atoms with Crippen molar-refractivity contribution in [3.05, 3.63) is 34.2 Å². The Kier molecular flexibility index (Phi) is 3.31. The van der Waals surface area contributed by atoms with Crippen molar-refractivity contribution in [2.75, 3.05) is 0 Å². The number of halogens is 2. The second-order valence-corrected chi connectivity index (χ2v) is 5.60. The van der Waals surface area contributed by atoms with Crippen LogP contribution in [0.3, 0.4) is 0 Å². The summed E-state index contributed by atoms with van der Waals surface area (Å²) in [5, 5.41) is 0.721. The highest BCUT2D eigenvalue weighted by atomic mass is 35.5. The Labute approximate surface area is 116 Å². The average Bonchev–Trinajstić information content (AvgIpc) is 2.83. The second-order valence-electron chi connectivity index (χ2n) is 5.19. The summed E-state index contributed by atoms with van der Waals surface area (Å²) in [4.78, 5) is 14.5. The van der Waals surface area contributed by atoms with E-state index in [4.69, 9.17) is 11.6 Å². The largest absolute Gasteiger partial charge is 0.355 e. The zero-order valence-electron chi connectivity index (χ0n) is 10.5. The van der Waals surface area contributed by atoms with Gasteiger partial charge in [0.25, 0.3) is 0 Å². The monoisotopic (exact) mass is 279 g/mol. The third kappa shape index (κ3) is 2.06. The van der Waals surface area contributed by atoms with Gasteiger partial charge in [-0.05, 0) is 24.8 Å². The molecular formula is C15H15ClFNO. The van der Waals surface area contributed by atoms with E-state index < -0.39 is 5.82 Å². The van der Waals surface area contributed by atoms with Crippen molar-refractivity contribution < 1.29 is 9.18 Å². The maximum absolute atomic E-state index is 14.0. The number of hydrogen-bond donors (Lipinski definition) is 1. The predicted octanol–water partition coefficient (Wildman–Crippen LogP) is 4.82. The van der Waals surface area contributed by atoms with Crippen LogP contribution in [-0.4, -0.2) is 11.3 Å². The van der Waals surface area contributed by atoms with Crippen molar-refractivity contribution in [2.24, 2.45) is 0 Å². The van der Waals surface area contributed by atoms with Crippen LogP contribution in [-0.2, 0) is 0 Å². The van der Waals surface area contributed by atoms with E-state index in [1.54, 1.807) is 6.07 Å². The summed E-state index contributed by atoms with van der Waals surface area (Å²) in [6.07, 6.45) is 6.53. The van der Waals surface area contributed by atoms with Gasteiger partial charge in [-0.1, -0.05) is 36.9 Å². The van der Waals surface area contributed by atoms with Gasteiger partial charge in [0, 0.05) is 16.6 Å². The maximum atomic E-state index is 14.0. The number of aromatic amines is 1. The molecule has 1 aliphatic carbocycles. The molecule has 1 fully saturated rings. The molecule has 3 rings (SSSR count). The normalized spacial score (nSPS) is 16.9. The molecule has 0 atom stereocenters. The molecule has 0 bridgehead atoms. The van der Waals surface area contributed by atoms with E-state index in [0.29, 0.717) is 22.4 Å². The van der Waals surface area contributed by atoms with Crippen LogP contribution in [0.25, 0.3) is 10.9 Å². The number of aromatic nitrogens is 1. The molecule has 19 heavy (non-hydrogen) atoms. The topological polar surface area (TPSA) is 32.9 Å². The lowest BCUT2D eigenvalue weighted by molar-refractivity contribution is 0.112. The van der Waals surface area contributed by atoms with Gasteiger partial charge in [-0.25, -0.2) is 4.39 Å². The zero-order valence-corrected chi connectivity index (χ0v) is 11.3. The van der Waals surface area contributed by atoms with Crippen LogP contribution in [0.1, 0.15) is 54.1 Å². The van der Waals surface area contributed by atoms with Gasteiger partial charge in [0.05, 0.1) is 10.5 Å².